The molecule has 0 spiro atoms. The highest BCUT2D eigenvalue weighted by molar-refractivity contribution is 5.88. The van der Waals surface area contributed by atoms with E-state index in [0.717, 1.165) is 30.0 Å². The van der Waals surface area contributed by atoms with Crippen LogP contribution in [-0.2, 0) is 12.0 Å². The molecule has 2 nitrogen and oxygen atoms in total. The Morgan fingerprint density at radius 2 is 1.42 bits per heavy atom. The van der Waals surface area contributed by atoms with E-state index in [1.807, 2.05) is 7.11 Å². The summed E-state index contributed by atoms with van der Waals surface area (Å²) in [6, 6.07) is 31.7. The van der Waals surface area contributed by atoms with E-state index in [2.05, 4.69) is 95.7 Å². The van der Waals surface area contributed by atoms with E-state index in [0.29, 0.717) is 5.41 Å². The molecule has 4 aliphatic carbocycles. The van der Waals surface area contributed by atoms with Crippen molar-refractivity contribution >= 4 is 21.7 Å². The van der Waals surface area contributed by atoms with Crippen molar-refractivity contribution in [1.82, 2.24) is 4.57 Å². The van der Waals surface area contributed by atoms with Gasteiger partial charge in [0.2, 0.25) is 0 Å². The van der Waals surface area contributed by atoms with Crippen molar-refractivity contribution in [1.29, 1.82) is 0 Å². The minimum atomic E-state index is 0.319. The monoisotopic (exact) mass is 497 g/mol. The molecular weight excluding hydrogens is 462 g/mol. The second-order valence-electron chi connectivity index (χ2n) is 12.5. The van der Waals surface area contributed by atoms with Gasteiger partial charge in [0.15, 0.2) is 0 Å². The normalized spacial score (nSPS) is 25.9. The Balaban J connectivity index is 1.16. The maximum Gasteiger partial charge on any atom is 0.122 e. The highest BCUT2D eigenvalue weighted by atomic mass is 16.5. The summed E-state index contributed by atoms with van der Waals surface area (Å²) in [6.07, 6.45) is 10.7. The summed E-state index contributed by atoms with van der Waals surface area (Å²) in [6.45, 7) is 0.881. The van der Waals surface area contributed by atoms with Gasteiger partial charge in [-0.05, 0) is 131 Å². The molecular formula is C36H35NO. The molecule has 0 unspecified atom stereocenters. The van der Waals surface area contributed by atoms with Gasteiger partial charge in [0.1, 0.15) is 5.75 Å². The molecule has 4 fully saturated rings. The lowest BCUT2D eigenvalue weighted by Gasteiger charge is -2.57. The predicted octanol–water partition coefficient (Wildman–Crippen LogP) is 8.99. The van der Waals surface area contributed by atoms with Crippen molar-refractivity contribution in [2.75, 3.05) is 7.11 Å². The summed E-state index contributed by atoms with van der Waals surface area (Å²) in [4.78, 5) is 0. The third-order valence-electron chi connectivity index (χ3n) is 10.1. The zero-order chi connectivity index (χ0) is 25.3. The SMILES string of the molecule is COc1ccc(-c2ccc3ccc(Cn4ccc5ccccc54)cc3c2)cc1C12CC3CC(CC(C3)C1)C2. The average molecular weight is 498 g/mol. The minimum Gasteiger partial charge on any atom is -0.496 e. The number of aromatic nitrogens is 1. The van der Waals surface area contributed by atoms with Gasteiger partial charge in [-0.2, -0.15) is 0 Å². The van der Waals surface area contributed by atoms with Gasteiger partial charge in [-0.25, -0.2) is 0 Å². The van der Waals surface area contributed by atoms with Crippen LogP contribution in [0.1, 0.15) is 49.7 Å². The summed E-state index contributed by atoms with van der Waals surface area (Å²) in [7, 11) is 1.85. The lowest BCUT2D eigenvalue weighted by atomic mass is 9.48. The fraction of sp³-hybridized carbons (Fsp3) is 0.333. The van der Waals surface area contributed by atoms with Crippen molar-refractivity contribution in [3.63, 3.8) is 0 Å². The Bertz CT molecular complexity index is 1640. The number of ether oxygens (including phenoxy) is 1. The maximum atomic E-state index is 5.99. The van der Waals surface area contributed by atoms with Crippen LogP contribution in [0.4, 0.5) is 0 Å². The van der Waals surface area contributed by atoms with Crippen LogP contribution in [0.3, 0.4) is 0 Å². The van der Waals surface area contributed by atoms with Crippen molar-refractivity contribution < 1.29 is 4.74 Å². The van der Waals surface area contributed by atoms with Gasteiger partial charge in [-0.15, -0.1) is 0 Å². The fourth-order valence-electron chi connectivity index (χ4n) is 8.79. The zero-order valence-electron chi connectivity index (χ0n) is 22.2. The molecule has 0 atom stereocenters. The van der Waals surface area contributed by atoms with Gasteiger partial charge < -0.3 is 9.30 Å². The molecule has 9 rings (SSSR count). The zero-order valence-corrected chi connectivity index (χ0v) is 22.2. The maximum absolute atomic E-state index is 5.99. The van der Waals surface area contributed by atoms with E-state index in [1.165, 1.54) is 82.5 Å². The van der Waals surface area contributed by atoms with E-state index >= 15 is 0 Å². The Kier molecular flexibility index (Phi) is 5.02. The lowest BCUT2D eigenvalue weighted by molar-refractivity contribution is -0.00613. The van der Waals surface area contributed by atoms with E-state index in [9.17, 15) is 0 Å². The van der Waals surface area contributed by atoms with Gasteiger partial charge >= 0.3 is 0 Å². The number of nitrogens with zero attached hydrogens (tertiary/aromatic N) is 1. The molecule has 38 heavy (non-hydrogen) atoms. The van der Waals surface area contributed by atoms with E-state index in [-0.39, 0.29) is 0 Å². The highest BCUT2D eigenvalue weighted by Gasteiger charge is 2.52. The van der Waals surface area contributed by atoms with Crippen LogP contribution in [0.25, 0.3) is 32.8 Å². The topological polar surface area (TPSA) is 14.2 Å². The summed E-state index contributed by atoms with van der Waals surface area (Å²) >= 11 is 0. The van der Waals surface area contributed by atoms with Gasteiger partial charge in [-0.1, -0.05) is 48.5 Å². The molecule has 1 heterocycles. The van der Waals surface area contributed by atoms with Gasteiger partial charge in [0.25, 0.3) is 0 Å². The first-order valence-electron chi connectivity index (χ1n) is 14.4. The third-order valence-corrected chi connectivity index (χ3v) is 10.1. The van der Waals surface area contributed by atoms with Crippen molar-refractivity contribution in [2.45, 2.75) is 50.5 Å². The number of methoxy groups -OCH3 is 1. The van der Waals surface area contributed by atoms with Crippen LogP contribution in [0, 0.1) is 17.8 Å². The van der Waals surface area contributed by atoms with Gasteiger partial charge in [0.05, 0.1) is 7.11 Å². The Hall–Kier alpha value is -3.52. The molecule has 2 heteroatoms. The van der Waals surface area contributed by atoms with E-state index in [4.69, 9.17) is 4.74 Å². The first-order valence-corrected chi connectivity index (χ1v) is 14.4. The van der Waals surface area contributed by atoms with E-state index in [1.54, 1.807) is 0 Å². The first-order chi connectivity index (χ1) is 18.7. The molecule has 5 aromatic rings. The molecule has 4 bridgehead atoms. The number of hydrogen-bond donors (Lipinski definition) is 0. The van der Waals surface area contributed by atoms with Gasteiger partial charge in [0, 0.05) is 23.8 Å². The van der Waals surface area contributed by atoms with Gasteiger partial charge in [-0.3, -0.25) is 0 Å². The molecule has 0 saturated heterocycles. The standard InChI is InChI=1S/C36H35NO/c1-38-35-11-10-31(19-33(35)36-20-25-14-26(21-36)16-27(15-25)22-36)30-9-8-28-7-6-24(17-32(28)18-30)23-37-13-12-29-4-2-3-5-34(29)37/h2-13,17-19,25-27H,14-16,20-23H2,1H3. The summed E-state index contributed by atoms with van der Waals surface area (Å²) in [5.41, 5.74) is 7.04. The van der Waals surface area contributed by atoms with Crippen molar-refractivity contribution in [3.05, 3.63) is 102 Å². The summed E-state index contributed by atoms with van der Waals surface area (Å²) < 4.78 is 8.34. The number of para-hydroxylation sites is 1. The quantitative estimate of drug-likeness (QED) is 0.236. The minimum absolute atomic E-state index is 0.319. The molecule has 0 aliphatic heterocycles. The molecule has 1 aromatic heterocycles. The van der Waals surface area contributed by atoms with Crippen LogP contribution >= 0.6 is 0 Å². The second-order valence-corrected chi connectivity index (χ2v) is 12.5. The number of hydrogen-bond acceptors (Lipinski definition) is 1. The van der Waals surface area contributed by atoms with Crippen LogP contribution in [0.15, 0.2) is 91.1 Å². The fourth-order valence-corrected chi connectivity index (χ4v) is 8.79. The molecule has 190 valence electrons. The van der Waals surface area contributed by atoms with Crippen LogP contribution < -0.4 is 4.74 Å². The molecule has 4 saturated carbocycles. The molecule has 0 amide bonds. The molecule has 4 aromatic carbocycles. The lowest BCUT2D eigenvalue weighted by Crippen LogP contribution is -2.48. The number of rotatable bonds is 5. The molecule has 0 N–H and O–H groups in total. The average Bonchev–Trinajstić information content (AvgIpc) is 3.34. The smallest absolute Gasteiger partial charge is 0.122 e. The first kappa shape index (κ1) is 22.5. The number of benzene rings is 4. The second kappa shape index (κ2) is 8.50. The number of fused-ring (bicyclic) bond motifs is 2. The summed E-state index contributed by atoms with van der Waals surface area (Å²) in [5.74, 6) is 3.86. The van der Waals surface area contributed by atoms with Crippen molar-refractivity contribution in [3.8, 4) is 16.9 Å². The van der Waals surface area contributed by atoms with E-state index < -0.39 is 0 Å². The molecule has 0 radical (unpaired) electrons. The predicted molar refractivity (Wildman–Crippen MR) is 157 cm³/mol. The Morgan fingerprint density at radius 1 is 0.711 bits per heavy atom. The van der Waals surface area contributed by atoms with Crippen LogP contribution in [0.5, 0.6) is 5.75 Å². The largest absolute Gasteiger partial charge is 0.496 e. The Morgan fingerprint density at radius 3 is 2.21 bits per heavy atom. The highest BCUT2D eigenvalue weighted by Crippen LogP contribution is 2.62. The summed E-state index contributed by atoms with van der Waals surface area (Å²) in [5, 5.41) is 3.90. The van der Waals surface area contributed by atoms with Crippen LogP contribution in [-0.4, -0.2) is 11.7 Å². The third kappa shape index (κ3) is 3.61. The van der Waals surface area contributed by atoms with Crippen molar-refractivity contribution in [2.24, 2.45) is 17.8 Å². The Labute approximate surface area is 225 Å². The van der Waals surface area contributed by atoms with Crippen LogP contribution in [0.2, 0.25) is 0 Å². The molecule has 4 aliphatic rings.